The van der Waals surface area contributed by atoms with Crippen molar-refractivity contribution in [2.24, 2.45) is 0 Å². The van der Waals surface area contributed by atoms with Gasteiger partial charge >= 0.3 is 0 Å². The summed E-state index contributed by atoms with van der Waals surface area (Å²) < 4.78 is 12.0. The average Bonchev–Trinajstić information content (AvgIpc) is 2.75. The number of ether oxygens (including phenoxy) is 1. The molecule has 3 aromatic carbocycles. The predicted octanol–water partition coefficient (Wildman–Crippen LogP) is 6.22. The molecule has 0 atom stereocenters. The van der Waals surface area contributed by atoms with Gasteiger partial charge in [0, 0.05) is 17.7 Å². The number of benzene rings is 3. The molecule has 4 rings (SSSR count). The fourth-order valence-corrected chi connectivity index (χ4v) is 3.48. The van der Waals surface area contributed by atoms with Gasteiger partial charge < -0.3 is 9.15 Å². The molecule has 0 saturated carbocycles. The topological polar surface area (TPSA) is 82.6 Å². The third-order valence-corrected chi connectivity index (χ3v) is 5.44. The molecule has 0 saturated heterocycles. The van der Waals surface area contributed by atoms with Crippen LogP contribution in [0.5, 0.6) is 5.75 Å². The highest BCUT2D eigenvalue weighted by Gasteiger charge is 2.20. The molecule has 0 N–H and O–H groups in total. The van der Waals surface area contributed by atoms with Gasteiger partial charge in [-0.3, -0.25) is 14.9 Å². The Morgan fingerprint density at radius 2 is 1.71 bits per heavy atom. The number of nitrogens with zero attached hydrogens (tertiary/aromatic N) is 1. The van der Waals surface area contributed by atoms with Crippen molar-refractivity contribution in [2.45, 2.75) is 20.5 Å². The molecule has 0 aliphatic carbocycles. The van der Waals surface area contributed by atoms with Crippen LogP contribution in [-0.2, 0) is 6.61 Å². The van der Waals surface area contributed by atoms with Crippen LogP contribution in [0, 0.1) is 24.0 Å². The van der Waals surface area contributed by atoms with Gasteiger partial charge in [-0.15, -0.1) is 0 Å². The molecule has 4 aromatic rings. The summed E-state index contributed by atoms with van der Waals surface area (Å²) in [5.41, 5.74) is 3.31. The van der Waals surface area contributed by atoms with Crippen LogP contribution in [0.4, 0.5) is 5.69 Å². The Bertz CT molecular complexity index is 1360. The maximum Gasteiger partial charge on any atom is 0.269 e. The first kappa shape index (κ1) is 20.6. The zero-order valence-electron chi connectivity index (χ0n) is 16.8. The first-order valence-corrected chi connectivity index (χ1v) is 9.92. The number of hydrogen-bond donors (Lipinski definition) is 0. The third-order valence-electron chi connectivity index (χ3n) is 5.11. The summed E-state index contributed by atoms with van der Waals surface area (Å²) in [6.07, 6.45) is 0. The number of fused-ring (bicyclic) bond motifs is 1. The highest BCUT2D eigenvalue weighted by molar-refractivity contribution is 6.33. The van der Waals surface area contributed by atoms with Crippen LogP contribution in [0.2, 0.25) is 5.02 Å². The molecule has 1 aromatic heterocycles. The molecule has 156 valence electrons. The van der Waals surface area contributed by atoms with Crippen LogP contribution in [-0.4, -0.2) is 4.92 Å². The molecule has 0 aliphatic heterocycles. The second-order valence-electron chi connectivity index (χ2n) is 7.21. The Kier molecular flexibility index (Phi) is 5.48. The highest BCUT2D eigenvalue weighted by atomic mass is 35.5. The van der Waals surface area contributed by atoms with E-state index in [0.29, 0.717) is 27.1 Å². The molecule has 7 heteroatoms. The Morgan fingerprint density at radius 3 is 2.39 bits per heavy atom. The van der Waals surface area contributed by atoms with Gasteiger partial charge in [-0.05, 0) is 66.9 Å². The summed E-state index contributed by atoms with van der Waals surface area (Å²) in [4.78, 5) is 23.7. The van der Waals surface area contributed by atoms with E-state index in [-0.39, 0.29) is 29.2 Å². The number of nitro benzene ring substituents is 1. The molecular weight excluding hydrogens is 418 g/mol. The number of rotatable bonds is 5. The van der Waals surface area contributed by atoms with Crippen molar-refractivity contribution in [3.05, 3.63) is 103 Å². The quantitative estimate of drug-likeness (QED) is 0.274. The minimum absolute atomic E-state index is 0.0171. The second-order valence-corrected chi connectivity index (χ2v) is 7.62. The van der Waals surface area contributed by atoms with E-state index in [1.807, 2.05) is 19.9 Å². The molecule has 1 heterocycles. The zero-order valence-corrected chi connectivity index (χ0v) is 17.6. The van der Waals surface area contributed by atoms with Crippen LogP contribution in [0.1, 0.15) is 16.7 Å². The molecule has 0 fully saturated rings. The fraction of sp³-hybridized carbons (Fsp3) is 0.125. The highest BCUT2D eigenvalue weighted by Crippen LogP contribution is 2.36. The van der Waals surface area contributed by atoms with Crippen molar-refractivity contribution in [1.29, 1.82) is 0 Å². The number of nitro groups is 1. The minimum Gasteiger partial charge on any atom is -0.481 e. The molecule has 0 radical (unpaired) electrons. The van der Waals surface area contributed by atoms with Crippen molar-refractivity contribution in [1.82, 2.24) is 0 Å². The van der Waals surface area contributed by atoms with Crippen LogP contribution < -0.4 is 10.2 Å². The number of aryl methyl sites for hydroxylation is 2. The van der Waals surface area contributed by atoms with Crippen LogP contribution >= 0.6 is 11.6 Å². The molecule has 0 unspecified atom stereocenters. The monoisotopic (exact) mass is 435 g/mol. The molecule has 0 amide bonds. The normalized spacial score (nSPS) is 10.9. The van der Waals surface area contributed by atoms with Crippen molar-refractivity contribution in [3.8, 4) is 17.1 Å². The Balaban J connectivity index is 1.83. The van der Waals surface area contributed by atoms with Gasteiger partial charge in [0.05, 0.1) is 15.3 Å². The van der Waals surface area contributed by atoms with E-state index in [1.54, 1.807) is 42.5 Å². The van der Waals surface area contributed by atoms with Crippen LogP contribution in [0.15, 0.2) is 69.9 Å². The first-order valence-electron chi connectivity index (χ1n) is 9.54. The van der Waals surface area contributed by atoms with Crippen molar-refractivity contribution < 1.29 is 14.1 Å². The lowest BCUT2D eigenvalue weighted by atomic mass is 10.0. The smallest absolute Gasteiger partial charge is 0.269 e. The average molecular weight is 436 g/mol. The van der Waals surface area contributed by atoms with Crippen molar-refractivity contribution in [3.63, 3.8) is 0 Å². The molecule has 6 nitrogen and oxygen atoms in total. The molecule has 31 heavy (non-hydrogen) atoms. The third kappa shape index (κ3) is 4.02. The maximum atomic E-state index is 13.3. The number of non-ortho nitro benzene ring substituents is 1. The summed E-state index contributed by atoms with van der Waals surface area (Å²) in [7, 11) is 0. The fourth-order valence-electron chi connectivity index (χ4n) is 3.26. The zero-order chi connectivity index (χ0) is 22.1. The maximum absolute atomic E-state index is 13.3. The van der Waals surface area contributed by atoms with Gasteiger partial charge in [0.1, 0.15) is 12.2 Å². The largest absolute Gasteiger partial charge is 0.481 e. The van der Waals surface area contributed by atoms with Gasteiger partial charge in [0.15, 0.2) is 5.76 Å². The second kappa shape index (κ2) is 8.24. The van der Waals surface area contributed by atoms with Gasteiger partial charge in [0.2, 0.25) is 11.2 Å². The Morgan fingerprint density at radius 1 is 1.03 bits per heavy atom. The van der Waals surface area contributed by atoms with Gasteiger partial charge in [-0.1, -0.05) is 23.7 Å². The Labute approximate surface area is 182 Å². The summed E-state index contributed by atoms with van der Waals surface area (Å²) in [5, 5.41) is 11.7. The van der Waals surface area contributed by atoms with Crippen molar-refractivity contribution >= 4 is 28.3 Å². The summed E-state index contributed by atoms with van der Waals surface area (Å²) in [6, 6.07) is 16.6. The molecular formula is C24H18ClNO5. The van der Waals surface area contributed by atoms with E-state index in [2.05, 4.69) is 0 Å². The van der Waals surface area contributed by atoms with Crippen LogP contribution in [0.3, 0.4) is 0 Å². The minimum atomic E-state index is -0.470. The van der Waals surface area contributed by atoms with E-state index in [0.717, 1.165) is 11.1 Å². The first-order chi connectivity index (χ1) is 14.8. The lowest BCUT2D eigenvalue weighted by molar-refractivity contribution is -0.384. The standard InChI is InChI=1S/C24H18ClNO5/c1-14-11-19-21(12-15(14)2)31-23(18-5-3-4-6-20(18)25)24(22(19)27)30-13-16-7-9-17(10-8-16)26(28)29/h3-12H,13H2,1-2H3. The Hall–Kier alpha value is -3.64. The number of halogens is 1. The van der Waals surface area contributed by atoms with Gasteiger partial charge in [-0.25, -0.2) is 0 Å². The lowest BCUT2D eigenvalue weighted by Gasteiger charge is -2.13. The summed E-state index contributed by atoms with van der Waals surface area (Å²) in [5.74, 6) is 0.287. The van der Waals surface area contributed by atoms with E-state index in [4.69, 9.17) is 20.8 Å². The van der Waals surface area contributed by atoms with E-state index < -0.39 is 4.92 Å². The van der Waals surface area contributed by atoms with E-state index in [1.165, 1.54) is 12.1 Å². The predicted molar refractivity (Wildman–Crippen MR) is 120 cm³/mol. The van der Waals surface area contributed by atoms with E-state index >= 15 is 0 Å². The molecule has 0 bridgehead atoms. The molecule has 0 aliphatic rings. The lowest BCUT2D eigenvalue weighted by Crippen LogP contribution is -2.11. The molecule has 0 spiro atoms. The van der Waals surface area contributed by atoms with Crippen LogP contribution in [0.25, 0.3) is 22.3 Å². The summed E-state index contributed by atoms with van der Waals surface area (Å²) in [6.45, 7) is 3.91. The SMILES string of the molecule is Cc1cc2oc(-c3ccccc3Cl)c(OCc3ccc([N+](=O)[O-])cc3)c(=O)c2cc1C. The van der Waals surface area contributed by atoms with Gasteiger partial charge in [-0.2, -0.15) is 0 Å². The van der Waals surface area contributed by atoms with Gasteiger partial charge in [0.25, 0.3) is 5.69 Å². The van der Waals surface area contributed by atoms with E-state index in [9.17, 15) is 14.9 Å². The van der Waals surface area contributed by atoms with Crippen molar-refractivity contribution in [2.75, 3.05) is 0 Å². The summed E-state index contributed by atoms with van der Waals surface area (Å²) >= 11 is 6.37. The number of hydrogen-bond acceptors (Lipinski definition) is 5.